The number of ether oxygens (including phenoxy) is 5. The summed E-state index contributed by atoms with van der Waals surface area (Å²) in [6.07, 6.45) is -4.35. The summed E-state index contributed by atoms with van der Waals surface area (Å²) < 4.78 is 27.7. The Hall–Kier alpha value is -3.47. The molecule has 2 aromatic carbocycles. The standard InChI is InChI=1S/C25H30N2O8/c1-16-20(26)21(35-23(29)19-11-7-4-8-12-19)22(34-17(2)28)24(33-16)31-14-13-27-25(30)32-15-18-9-5-3-6-10-18/h3-12,16,20-22,24H,13-15,26H2,1-2H3,(H,27,30)/t16-,20-,21+,22-,24-/m1/s1. The van der Waals surface area contributed by atoms with Gasteiger partial charge in [-0.2, -0.15) is 0 Å². The van der Waals surface area contributed by atoms with Gasteiger partial charge in [0.15, 0.2) is 18.5 Å². The minimum atomic E-state index is -1.10. The fourth-order valence-corrected chi connectivity index (χ4v) is 3.48. The number of rotatable bonds is 9. The molecule has 0 aliphatic carbocycles. The van der Waals surface area contributed by atoms with Crippen molar-refractivity contribution in [2.24, 2.45) is 5.73 Å². The molecular weight excluding hydrogens is 456 g/mol. The van der Waals surface area contributed by atoms with Crippen molar-refractivity contribution in [2.45, 2.75) is 51.1 Å². The zero-order valence-corrected chi connectivity index (χ0v) is 19.6. The lowest BCUT2D eigenvalue weighted by molar-refractivity contribution is -0.273. The summed E-state index contributed by atoms with van der Waals surface area (Å²) in [6.45, 7) is 3.19. The van der Waals surface area contributed by atoms with Gasteiger partial charge in [0.25, 0.3) is 0 Å². The Bertz CT molecular complexity index is 972. The molecule has 2 aromatic rings. The van der Waals surface area contributed by atoms with Gasteiger partial charge in [0.05, 0.1) is 24.3 Å². The van der Waals surface area contributed by atoms with Crippen LogP contribution in [0.1, 0.15) is 29.8 Å². The number of nitrogens with two attached hydrogens (primary N) is 1. The van der Waals surface area contributed by atoms with Crippen LogP contribution in [0.25, 0.3) is 0 Å². The summed E-state index contributed by atoms with van der Waals surface area (Å²) in [4.78, 5) is 36.3. The van der Waals surface area contributed by atoms with Gasteiger partial charge < -0.3 is 34.7 Å². The Kier molecular flexibility index (Phi) is 9.59. The third-order valence-corrected chi connectivity index (χ3v) is 5.28. The highest BCUT2D eigenvalue weighted by atomic mass is 16.7. The Morgan fingerprint density at radius 2 is 1.63 bits per heavy atom. The fourth-order valence-electron chi connectivity index (χ4n) is 3.48. The van der Waals surface area contributed by atoms with E-state index in [9.17, 15) is 14.4 Å². The fraction of sp³-hybridized carbons (Fsp3) is 0.400. The normalized spacial score (nSPS) is 23.7. The molecule has 1 fully saturated rings. The van der Waals surface area contributed by atoms with Gasteiger partial charge in [-0.15, -0.1) is 0 Å². The van der Waals surface area contributed by atoms with E-state index in [4.69, 9.17) is 29.4 Å². The van der Waals surface area contributed by atoms with Crippen LogP contribution in [0.3, 0.4) is 0 Å². The van der Waals surface area contributed by atoms with Crippen molar-refractivity contribution in [3.63, 3.8) is 0 Å². The van der Waals surface area contributed by atoms with Gasteiger partial charge in [-0.3, -0.25) is 4.79 Å². The van der Waals surface area contributed by atoms with E-state index < -0.39 is 48.7 Å². The van der Waals surface area contributed by atoms with Crippen molar-refractivity contribution in [3.05, 3.63) is 71.8 Å². The molecule has 0 saturated carbocycles. The summed E-state index contributed by atoms with van der Waals surface area (Å²) in [5.74, 6) is -1.23. The third kappa shape index (κ3) is 7.78. The number of amides is 1. The average Bonchev–Trinajstić information content (AvgIpc) is 2.86. The number of esters is 2. The SMILES string of the molecule is CC(=O)O[C@H]1[C@H](OCCNC(=O)OCc2ccccc2)O[C@H](C)[C@@H](N)[C@@H]1OC(=O)c1ccccc1. The van der Waals surface area contributed by atoms with Gasteiger partial charge in [0, 0.05) is 13.5 Å². The second kappa shape index (κ2) is 12.8. The summed E-state index contributed by atoms with van der Waals surface area (Å²) >= 11 is 0. The molecule has 0 spiro atoms. The minimum absolute atomic E-state index is 0.0180. The largest absolute Gasteiger partial charge is 0.453 e. The van der Waals surface area contributed by atoms with Crippen molar-refractivity contribution in [1.82, 2.24) is 5.32 Å². The second-order valence-electron chi connectivity index (χ2n) is 7.96. The van der Waals surface area contributed by atoms with Crippen LogP contribution in [-0.2, 0) is 35.1 Å². The maximum Gasteiger partial charge on any atom is 0.407 e. The summed E-state index contributed by atoms with van der Waals surface area (Å²) in [6, 6.07) is 16.9. The summed E-state index contributed by atoms with van der Waals surface area (Å²) in [7, 11) is 0. The van der Waals surface area contributed by atoms with Crippen molar-refractivity contribution in [2.75, 3.05) is 13.2 Å². The molecule has 1 amide bonds. The first-order chi connectivity index (χ1) is 16.8. The number of hydrogen-bond donors (Lipinski definition) is 2. The minimum Gasteiger partial charge on any atom is -0.453 e. The summed E-state index contributed by atoms with van der Waals surface area (Å²) in [5, 5.41) is 2.57. The van der Waals surface area contributed by atoms with Crippen molar-refractivity contribution >= 4 is 18.0 Å². The van der Waals surface area contributed by atoms with Gasteiger partial charge in [0.2, 0.25) is 0 Å². The van der Waals surface area contributed by atoms with Crippen LogP contribution in [0.4, 0.5) is 4.79 Å². The third-order valence-electron chi connectivity index (χ3n) is 5.28. The molecule has 3 rings (SSSR count). The molecule has 1 heterocycles. The van der Waals surface area contributed by atoms with Crippen LogP contribution < -0.4 is 11.1 Å². The number of benzene rings is 2. The Morgan fingerprint density at radius 3 is 2.29 bits per heavy atom. The highest BCUT2D eigenvalue weighted by Gasteiger charge is 2.48. The lowest BCUT2D eigenvalue weighted by Gasteiger charge is -2.42. The van der Waals surface area contributed by atoms with Crippen LogP contribution >= 0.6 is 0 Å². The first kappa shape index (κ1) is 26.1. The van der Waals surface area contributed by atoms with E-state index in [1.807, 2.05) is 30.3 Å². The highest BCUT2D eigenvalue weighted by molar-refractivity contribution is 5.89. The summed E-state index contributed by atoms with van der Waals surface area (Å²) in [5.41, 5.74) is 7.42. The molecular formula is C25H30N2O8. The number of carbonyl (C=O) groups is 3. The lowest BCUT2D eigenvalue weighted by atomic mass is 9.97. The molecule has 35 heavy (non-hydrogen) atoms. The van der Waals surface area contributed by atoms with Crippen LogP contribution in [0.5, 0.6) is 0 Å². The lowest BCUT2D eigenvalue weighted by Crippen LogP contribution is -2.63. The molecule has 0 unspecified atom stereocenters. The van der Waals surface area contributed by atoms with E-state index in [1.54, 1.807) is 37.3 Å². The van der Waals surface area contributed by atoms with E-state index in [-0.39, 0.29) is 19.8 Å². The molecule has 0 aromatic heterocycles. The first-order valence-corrected chi connectivity index (χ1v) is 11.3. The highest BCUT2D eigenvalue weighted by Crippen LogP contribution is 2.26. The number of carbonyl (C=O) groups excluding carboxylic acids is 3. The number of nitrogens with one attached hydrogen (secondary N) is 1. The van der Waals surface area contributed by atoms with Crippen molar-refractivity contribution in [1.29, 1.82) is 0 Å². The van der Waals surface area contributed by atoms with Crippen molar-refractivity contribution < 1.29 is 38.1 Å². The maximum atomic E-state index is 12.6. The van der Waals surface area contributed by atoms with Crippen LogP contribution in [-0.4, -0.2) is 61.8 Å². The molecule has 1 saturated heterocycles. The second-order valence-corrected chi connectivity index (χ2v) is 7.96. The quantitative estimate of drug-likeness (QED) is 0.310. The maximum absolute atomic E-state index is 12.6. The molecule has 10 heteroatoms. The van der Waals surface area contributed by atoms with Crippen molar-refractivity contribution in [3.8, 4) is 0 Å². The molecule has 1 aliphatic heterocycles. The topological polar surface area (TPSA) is 135 Å². The van der Waals surface area contributed by atoms with E-state index in [1.165, 1.54) is 6.92 Å². The van der Waals surface area contributed by atoms with Crippen LogP contribution in [0, 0.1) is 0 Å². The van der Waals surface area contributed by atoms with Crippen LogP contribution in [0.2, 0.25) is 0 Å². The van der Waals surface area contributed by atoms with Gasteiger partial charge in [-0.1, -0.05) is 48.5 Å². The Labute approximate surface area is 203 Å². The average molecular weight is 487 g/mol. The van der Waals surface area contributed by atoms with Gasteiger partial charge in [0.1, 0.15) is 6.61 Å². The molecule has 0 radical (unpaired) electrons. The Balaban J connectivity index is 1.55. The van der Waals surface area contributed by atoms with E-state index in [0.29, 0.717) is 5.56 Å². The van der Waals surface area contributed by atoms with E-state index in [0.717, 1.165) is 5.56 Å². The molecule has 3 N–H and O–H groups in total. The first-order valence-electron chi connectivity index (χ1n) is 11.3. The van der Waals surface area contributed by atoms with E-state index in [2.05, 4.69) is 5.32 Å². The van der Waals surface area contributed by atoms with E-state index >= 15 is 0 Å². The number of hydrogen-bond acceptors (Lipinski definition) is 9. The molecule has 0 bridgehead atoms. The molecule has 10 nitrogen and oxygen atoms in total. The monoisotopic (exact) mass is 486 g/mol. The molecule has 188 valence electrons. The molecule has 1 aliphatic rings. The zero-order chi connectivity index (χ0) is 25.2. The smallest absolute Gasteiger partial charge is 0.407 e. The predicted molar refractivity (Wildman–Crippen MR) is 124 cm³/mol. The Morgan fingerprint density at radius 1 is 0.971 bits per heavy atom. The van der Waals surface area contributed by atoms with Gasteiger partial charge in [-0.05, 0) is 24.6 Å². The van der Waals surface area contributed by atoms with Gasteiger partial charge in [-0.25, -0.2) is 9.59 Å². The molecule has 5 atom stereocenters. The van der Waals surface area contributed by atoms with Gasteiger partial charge >= 0.3 is 18.0 Å². The zero-order valence-electron chi connectivity index (χ0n) is 19.6. The number of alkyl carbamates (subject to hydrolysis) is 1. The predicted octanol–water partition coefficient (Wildman–Crippen LogP) is 2.16. The van der Waals surface area contributed by atoms with Crippen LogP contribution in [0.15, 0.2) is 60.7 Å².